The highest BCUT2D eigenvalue weighted by molar-refractivity contribution is 5.97. The molecular formula is C40H47F2N5O8. The number of ether oxygens (including phenoxy) is 3. The van der Waals surface area contributed by atoms with E-state index in [1.807, 2.05) is 0 Å². The van der Waals surface area contributed by atoms with Crippen LogP contribution in [0.15, 0.2) is 77.7 Å². The number of benzene rings is 2. The highest BCUT2D eigenvalue weighted by Crippen LogP contribution is 2.31. The third-order valence-electron chi connectivity index (χ3n) is 7.78. The Morgan fingerprint density at radius 2 is 1.64 bits per heavy atom. The summed E-state index contributed by atoms with van der Waals surface area (Å²) >= 11 is 0. The van der Waals surface area contributed by atoms with Gasteiger partial charge in [-0.1, -0.05) is 18.2 Å². The van der Waals surface area contributed by atoms with Crippen molar-refractivity contribution < 1.29 is 42.2 Å². The van der Waals surface area contributed by atoms with Crippen molar-refractivity contribution in [1.82, 2.24) is 19.4 Å². The van der Waals surface area contributed by atoms with Crippen LogP contribution in [0.4, 0.5) is 24.1 Å². The third-order valence-corrected chi connectivity index (χ3v) is 7.78. The molecule has 55 heavy (non-hydrogen) atoms. The van der Waals surface area contributed by atoms with Crippen LogP contribution < -0.4 is 20.9 Å². The second kappa shape index (κ2) is 17.4. The molecule has 2 N–H and O–H groups in total. The van der Waals surface area contributed by atoms with Gasteiger partial charge in [0.05, 0.1) is 12.2 Å². The number of para-hydroxylation sites is 1. The predicted octanol–water partition coefficient (Wildman–Crippen LogP) is 6.75. The van der Waals surface area contributed by atoms with E-state index in [1.165, 1.54) is 44.5 Å². The zero-order valence-electron chi connectivity index (χ0n) is 32.2. The smallest absolute Gasteiger partial charge is 0.419 e. The van der Waals surface area contributed by atoms with Crippen LogP contribution in [-0.4, -0.2) is 69.4 Å². The summed E-state index contributed by atoms with van der Waals surface area (Å²) in [5.74, 6) is -2.26. The van der Waals surface area contributed by atoms with Crippen LogP contribution in [0.3, 0.4) is 0 Å². The van der Waals surface area contributed by atoms with Crippen molar-refractivity contribution in [1.29, 1.82) is 0 Å². The van der Waals surface area contributed by atoms with Crippen LogP contribution in [-0.2, 0) is 32.2 Å². The average molecular weight is 764 g/mol. The average Bonchev–Trinajstić information content (AvgIpc) is 3.44. The van der Waals surface area contributed by atoms with Gasteiger partial charge in [-0.05, 0) is 96.9 Å². The number of amides is 3. The maximum atomic E-state index is 14.4. The van der Waals surface area contributed by atoms with Gasteiger partial charge in [-0.15, -0.1) is 0 Å². The van der Waals surface area contributed by atoms with Crippen molar-refractivity contribution in [3.05, 3.63) is 106 Å². The number of alkyl carbamates (subject to hydrolysis) is 1. The first kappa shape index (κ1) is 41.8. The number of rotatable bonds is 12. The molecule has 13 nitrogen and oxygen atoms in total. The van der Waals surface area contributed by atoms with Crippen LogP contribution in [0.2, 0.25) is 0 Å². The van der Waals surface area contributed by atoms with E-state index in [1.54, 1.807) is 86.0 Å². The van der Waals surface area contributed by atoms with Gasteiger partial charge in [0.25, 0.3) is 5.56 Å². The van der Waals surface area contributed by atoms with Gasteiger partial charge in [-0.2, -0.15) is 0 Å². The molecule has 1 unspecified atom stereocenters. The summed E-state index contributed by atoms with van der Waals surface area (Å²) < 4.78 is 47.5. The van der Waals surface area contributed by atoms with Gasteiger partial charge < -0.3 is 34.3 Å². The fourth-order valence-corrected chi connectivity index (χ4v) is 5.29. The lowest BCUT2D eigenvalue weighted by atomic mass is 10.1. The number of halogens is 2. The highest BCUT2D eigenvalue weighted by atomic mass is 19.1. The normalized spacial score (nSPS) is 12.3. The van der Waals surface area contributed by atoms with Crippen molar-refractivity contribution in [2.75, 3.05) is 19.4 Å². The van der Waals surface area contributed by atoms with Gasteiger partial charge >= 0.3 is 12.2 Å². The largest absolute Gasteiger partial charge is 0.487 e. The highest BCUT2D eigenvalue weighted by Gasteiger charge is 2.27. The maximum absolute atomic E-state index is 14.4. The van der Waals surface area contributed by atoms with Crippen molar-refractivity contribution in [3.8, 4) is 5.75 Å². The van der Waals surface area contributed by atoms with E-state index >= 15 is 0 Å². The fourth-order valence-electron chi connectivity index (χ4n) is 5.29. The van der Waals surface area contributed by atoms with Gasteiger partial charge in [0.2, 0.25) is 11.8 Å². The van der Waals surface area contributed by atoms with E-state index in [2.05, 4.69) is 10.6 Å². The summed E-state index contributed by atoms with van der Waals surface area (Å²) in [4.78, 5) is 67.1. The van der Waals surface area contributed by atoms with Gasteiger partial charge in [-0.3, -0.25) is 14.4 Å². The molecule has 0 fully saturated rings. The first-order valence-electron chi connectivity index (χ1n) is 17.5. The zero-order valence-corrected chi connectivity index (χ0v) is 32.2. The molecule has 2 aromatic carbocycles. The number of carbonyl (C=O) groups is 4. The number of nitrogens with one attached hydrogen (secondary N) is 2. The number of likely N-dealkylation sites (N-methyl/N-ethyl adjacent to an activating group) is 1. The number of anilines is 1. The van der Waals surface area contributed by atoms with Crippen molar-refractivity contribution >= 4 is 40.6 Å². The van der Waals surface area contributed by atoms with Crippen molar-refractivity contribution in [3.63, 3.8) is 0 Å². The fraction of sp³-hybridized carbons (Fsp3) is 0.375. The lowest BCUT2D eigenvalue weighted by Gasteiger charge is -2.23. The van der Waals surface area contributed by atoms with Gasteiger partial charge in [-0.25, -0.2) is 22.9 Å². The van der Waals surface area contributed by atoms with E-state index in [-0.39, 0.29) is 48.9 Å². The summed E-state index contributed by atoms with van der Waals surface area (Å²) in [6.45, 7) is 9.70. The molecule has 0 saturated heterocycles. The molecule has 2 aromatic heterocycles. The molecule has 0 aliphatic rings. The van der Waals surface area contributed by atoms with E-state index in [4.69, 9.17) is 14.2 Å². The van der Waals surface area contributed by atoms with Crippen molar-refractivity contribution in [2.45, 2.75) is 84.8 Å². The lowest BCUT2D eigenvalue weighted by molar-refractivity contribution is -0.123. The Balaban J connectivity index is 1.66. The molecule has 1 atom stereocenters. The number of nitrogens with zero attached hydrogens (tertiary/aromatic N) is 3. The molecule has 0 aliphatic carbocycles. The second-order valence-electron chi connectivity index (χ2n) is 14.9. The summed E-state index contributed by atoms with van der Waals surface area (Å²) in [5, 5.41) is 5.70. The Labute approximate surface area is 317 Å². The van der Waals surface area contributed by atoms with Crippen LogP contribution in [0.5, 0.6) is 5.75 Å². The number of aromatic nitrogens is 2. The molecule has 15 heteroatoms. The van der Waals surface area contributed by atoms with Crippen LogP contribution in [0, 0.1) is 11.6 Å². The number of allylic oxidation sites excluding steroid dienone is 1. The lowest BCUT2D eigenvalue weighted by Crippen LogP contribution is -2.46. The molecule has 0 aliphatic heterocycles. The van der Waals surface area contributed by atoms with Crippen LogP contribution >= 0.6 is 0 Å². The summed E-state index contributed by atoms with van der Waals surface area (Å²) in [6, 6.07) is 11.6. The SMILES string of the molecule is CN(C)C(=O)C=CCCC(NC(=O)OC(C)(C)C)C(=O)Nc1cccn(Cc2cc3cccc(OCc4ccc(F)cc4F)c3n2C(=O)OC(C)(C)C)c1=O. The van der Waals surface area contributed by atoms with Gasteiger partial charge in [0.1, 0.15) is 52.4 Å². The molecule has 0 saturated carbocycles. The Kier molecular flexibility index (Phi) is 13.2. The quantitative estimate of drug-likeness (QED) is 0.151. The molecule has 0 spiro atoms. The summed E-state index contributed by atoms with van der Waals surface area (Å²) in [7, 11) is 3.20. The zero-order chi connectivity index (χ0) is 40.7. The van der Waals surface area contributed by atoms with E-state index in [0.29, 0.717) is 16.6 Å². The number of hydrogen-bond acceptors (Lipinski definition) is 8. The first-order valence-corrected chi connectivity index (χ1v) is 17.5. The van der Waals surface area contributed by atoms with Gasteiger partial charge in [0, 0.05) is 37.3 Å². The molecule has 3 amide bonds. The van der Waals surface area contributed by atoms with Crippen LogP contribution in [0.25, 0.3) is 10.9 Å². The Hall–Kier alpha value is -5.99. The molecule has 294 valence electrons. The first-order chi connectivity index (χ1) is 25.7. The second-order valence-corrected chi connectivity index (χ2v) is 14.9. The van der Waals surface area contributed by atoms with E-state index in [0.717, 1.165) is 12.1 Å². The minimum Gasteiger partial charge on any atom is -0.487 e. The minimum atomic E-state index is -1.14. The Bertz CT molecular complexity index is 2140. The van der Waals surface area contributed by atoms with E-state index < -0.39 is 52.5 Å². The molecule has 2 heterocycles. The van der Waals surface area contributed by atoms with E-state index in [9.17, 15) is 32.8 Å². The number of pyridine rings is 1. The number of fused-ring (bicyclic) bond motifs is 1. The predicted molar refractivity (Wildman–Crippen MR) is 203 cm³/mol. The molecule has 4 rings (SSSR count). The standard InChI is InChI=1S/C40H47F2N5O8/c1-39(2,3)54-37(51)44-30(14-9-10-17-33(48)45(7)8)35(49)43-31-15-12-20-46(36(31)50)23-28-21-25-13-11-16-32(34(25)47(28)38(52)55-40(4,5)6)53-24-26-18-19-27(41)22-29(26)42/h10-13,15-22,30H,9,14,23-24H2,1-8H3,(H,43,49)(H,44,51). The Morgan fingerprint density at radius 1 is 0.927 bits per heavy atom. The molecular weight excluding hydrogens is 716 g/mol. The Morgan fingerprint density at radius 3 is 2.29 bits per heavy atom. The number of hydrogen-bond donors (Lipinski definition) is 2. The van der Waals surface area contributed by atoms with Gasteiger partial charge in [0.15, 0.2) is 0 Å². The maximum Gasteiger partial charge on any atom is 0.419 e. The monoisotopic (exact) mass is 763 g/mol. The topological polar surface area (TPSA) is 150 Å². The number of carbonyl (C=O) groups excluding carboxylic acids is 4. The molecule has 0 bridgehead atoms. The summed E-state index contributed by atoms with van der Waals surface area (Å²) in [5.41, 5.74) is -1.75. The van der Waals surface area contributed by atoms with Crippen LogP contribution in [0.1, 0.15) is 65.6 Å². The molecule has 0 radical (unpaired) electrons. The summed E-state index contributed by atoms with van der Waals surface area (Å²) in [6.07, 6.45) is 3.13. The minimum absolute atomic E-state index is 0.0809. The third kappa shape index (κ3) is 11.7. The van der Waals surface area contributed by atoms with Crippen molar-refractivity contribution in [2.24, 2.45) is 0 Å². The molecule has 4 aromatic rings.